The lowest BCUT2D eigenvalue weighted by molar-refractivity contribution is 0.0239. The summed E-state index contributed by atoms with van der Waals surface area (Å²) in [7, 11) is 0. The highest BCUT2D eigenvalue weighted by Gasteiger charge is 2.32. The van der Waals surface area contributed by atoms with Gasteiger partial charge < -0.3 is 9.64 Å². The summed E-state index contributed by atoms with van der Waals surface area (Å²) in [6, 6.07) is 15.9. The van der Waals surface area contributed by atoms with Crippen LogP contribution in [0.25, 0.3) is 10.8 Å². The van der Waals surface area contributed by atoms with E-state index in [0.717, 1.165) is 38.8 Å². The molecule has 0 amide bonds. The molecule has 3 saturated heterocycles. The van der Waals surface area contributed by atoms with Crippen LogP contribution in [0.4, 0.5) is 0 Å². The second-order valence-electron chi connectivity index (χ2n) is 8.99. The Morgan fingerprint density at radius 2 is 1.62 bits per heavy atom. The van der Waals surface area contributed by atoms with Crippen molar-refractivity contribution in [3.05, 3.63) is 48.0 Å². The quantitative estimate of drug-likeness (QED) is 0.816. The third-order valence-electron chi connectivity index (χ3n) is 7.07. The number of nitrogens with one attached hydrogen (secondary N) is 2. The van der Waals surface area contributed by atoms with Crippen LogP contribution in [-0.2, 0) is 4.74 Å². The molecule has 29 heavy (non-hydrogen) atoms. The van der Waals surface area contributed by atoms with Crippen molar-refractivity contribution < 1.29 is 4.74 Å². The van der Waals surface area contributed by atoms with Crippen LogP contribution >= 0.6 is 0 Å². The third kappa shape index (κ3) is 4.49. The van der Waals surface area contributed by atoms with Crippen LogP contribution in [0.2, 0.25) is 0 Å². The number of nitrogens with zero attached hydrogens (tertiary/aromatic N) is 2. The minimum absolute atomic E-state index is 0.382. The van der Waals surface area contributed by atoms with E-state index >= 15 is 0 Å². The van der Waals surface area contributed by atoms with Crippen LogP contribution in [-0.4, -0.2) is 68.8 Å². The Morgan fingerprint density at radius 1 is 0.862 bits per heavy atom. The second-order valence-corrected chi connectivity index (χ2v) is 8.99. The lowest BCUT2D eigenvalue weighted by Gasteiger charge is -2.37. The number of piperidine rings is 1. The van der Waals surface area contributed by atoms with E-state index in [1.807, 2.05) is 0 Å². The molecule has 3 aliphatic heterocycles. The SMILES string of the molecule is c1ccc2c(C3NNCC3CN3CCC(CN4CCOCC4)CC3)cccc2c1. The van der Waals surface area contributed by atoms with Crippen LogP contribution in [0, 0.1) is 11.8 Å². The molecule has 5 nitrogen and oxygen atoms in total. The fourth-order valence-corrected chi connectivity index (χ4v) is 5.39. The highest BCUT2D eigenvalue weighted by molar-refractivity contribution is 5.86. The van der Waals surface area contributed by atoms with Gasteiger partial charge in [0.05, 0.1) is 19.3 Å². The van der Waals surface area contributed by atoms with Crippen molar-refractivity contribution in [1.29, 1.82) is 0 Å². The molecule has 2 aromatic carbocycles. The molecule has 2 unspecified atom stereocenters. The van der Waals surface area contributed by atoms with Crippen molar-refractivity contribution in [3.8, 4) is 0 Å². The fourth-order valence-electron chi connectivity index (χ4n) is 5.39. The van der Waals surface area contributed by atoms with E-state index in [2.05, 4.69) is 63.1 Å². The smallest absolute Gasteiger partial charge is 0.0594 e. The highest BCUT2D eigenvalue weighted by Crippen LogP contribution is 2.32. The maximum Gasteiger partial charge on any atom is 0.0594 e. The first-order valence-electron chi connectivity index (χ1n) is 11.4. The molecule has 5 rings (SSSR count). The van der Waals surface area contributed by atoms with Gasteiger partial charge in [0.15, 0.2) is 0 Å². The predicted molar refractivity (Wildman–Crippen MR) is 118 cm³/mol. The Bertz CT molecular complexity index is 793. The van der Waals surface area contributed by atoms with E-state index in [1.165, 1.54) is 55.4 Å². The van der Waals surface area contributed by atoms with Crippen LogP contribution < -0.4 is 10.9 Å². The van der Waals surface area contributed by atoms with E-state index in [4.69, 9.17) is 4.74 Å². The number of fused-ring (bicyclic) bond motifs is 1. The topological polar surface area (TPSA) is 39.8 Å². The summed E-state index contributed by atoms with van der Waals surface area (Å²) in [5.41, 5.74) is 8.45. The molecule has 0 aromatic heterocycles. The number of hydrogen-bond donors (Lipinski definition) is 2. The number of likely N-dealkylation sites (tertiary alicyclic amines) is 1. The van der Waals surface area contributed by atoms with Crippen molar-refractivity contribution >= 4 is 10.8 Å². The van der Waals surface area contributed by atoms with Gasteiger partial charge in [-0.05, 0) is 48.2 Å². The summed E-state index contributed by atoms with van der Waals surface area (Å²) in [5.74, 6) is 1.47. The highest BCUT2D eigenvalue weighted by atomic mass is 16.5. The van der Waals surface area contributed by atoms with Crippen molar-refractivity contribution in [2.75, 3.05) is 59.0 Å². The number of benzene rings is 2. The Morgan fingerprint density at radius 3 is 2.48 bits per heavy atom. The monoisotopic (exact) mass is 394 g/mol. The summed E-state index contributed by atoms with van der Waals surface area (Å²) < 4.78 is 5.49. The molecule has 3 fully saturated rings. The van der Waals surface area contributed by atoms with Crippen LogP contribution in [0.3, 0.4) is 0 Å². The van der Waals surface area contributed by atoms with Crippen molar-refractivity contribution in [2.45, 2.75) is 18.9 Å². The van der Waals surface area contributed by atoms with Gasteiger partial charge in [-0.3, -0.25) is 10.3 Å². The molecule has 2 aromatic rings. The normalized spacial score (nSPS) is 27.6. The maximum absolute atomic E-state index is 5.49. The molecular formula is C24H34N4O. The number of rotatable bonds is 5. The molecule has 3 heterocycles. The van der Waals surface area contributed by atoms with Gasteiger partial charge in [-0.2, -0.15) is 0 Å². The number of hydrazine groups is 1. The van der Waals surface area contributed by atoms with Gasteiger partial charge in [-0.15, -0.1) is 0 Å². The largest absolute Gasteiger partial charge is 0.379 e. The molecule has 0 radical (unpaired) electrons. The standard InChI is InChI=1S/C24H34N4O/c1-2-6-22-20(4-1)5-3-7-23(22)24-21(16-25-26-24)18-27-10-8-19(9-11-27)17-28-12-14-29-15-13-28/h1-7,19,21,24-26H,8-18H2. The van der Waals surface area contributed by atoms with E-state index < -0.39 is 0 Å². The number of hydrogen-bond acceptors (Lipinski definition) is 5. The third-order valence-corrected chi connectivity index (χ3v) is 7.07. The van der Waals surface area contributed by atoms with Crippen LogP contribution in [0.5, 0.6) is 0 Å². The van der Waals surface area contributed by atoms with E-state index in [0.29, 0.717) is 12.0 Å². The fraction of sp³-hybridized carbons (Fsp3) is 0.583. The van der Waals surface area contributed by atoms with Crippen LogP contribution in [0.15, 0.2) is 42.5 Å². The first kappa shape index (κ1) is 19.5. The minimum Gasteiger partial charge on any atom is -0.379 e. The predicted octanol–water partition coefficient (Wildman–Crippen LogP) is 2.65. The summed E-state index contributed by atoms with van der Waals surface area (Å²) in [4.78, 5) is 5.30. The Balaban J connectivity index is 1.18. The maximum atomic E-state index is 5.49. The molecule has 0 spiro atoms. The van der Waals surface area contributed by atoms with Crippen LogP contribution in [0.1, 0.15) is 24.4 Å². The van der Waals surface area contributed by atoms with E-state index in [-0.39, 0.29) is 0 Å². The van der Waals surface area contributed by atoms with Gasteiger partial charge in [-0.1, -0.05) is 42.5 Å². The zero-order chi connectivity index (χ0) is 19.5. The summed E-state index contributed by atoms with van der Waals surface area (Å²) >= 11 is 0. The number of ether oxygens (including phenoxy) is 1. The van der Waals surface area contributed by atoms with Gasteiger partial charge in [0, 0.05) is 38.6 Å². The second kappa shape index (κ2) is 9.11. The summed E-state index contributed by atoms with van der Waals surface area (Å²) in [6.07, 6.45) is 2.67. The van der Waals surface area contributed by atoms with E-state index in [9.17, 15) is 0 Å². The molecule has 0 aliphatic carbocycles. The molecule has 156 valence electrons. The van der Waals surface area contributed by atoms with Crippen molar-refractivity contribution in [3.63, 3.8) is 0 Å². The molecule has 2 N–H and O–H groups in total. The number of morpholine rings is 1. The molecule has 0 saturated carbocycles. The van der Waals surface area contributed by atoms with Gasteiger partial charge in [0.2, 0.25) is 0 Å². The average molecular weight is 395 g/mol. The molecule has 0 bridgehead atoms. The van der Waals surface area contributed by atoms with Gasteiger partial charge >= 0.3 is 0 Å². The van der Waals surface area contributed by atoms with Gasteiger partial charge in [0.25, 0.3) is 0 Å². The van der Waals surface area contributed by atoms with Crippen molar-refractivity contribution in [1.82, 2.24) is 20.7 Å². The molecule has 2 atom stereocenters. The zero-order valence-corrected chi connectivity index (χ0v) is 17.4. The van der Waals surface area contributed by atoms with Gasteiger partial charge in [-0.25, -0.2) is 5.43 Å². The molecule has 3 aliphatic rings. The average Bonchev–Trinajstić information content (AvgIpc) is 3.23. The lowest BCUT2D eigenvalue weighted by atomic mass is 9.89. The Kier molecular flexibility index (Phi) is 6.11. The van der Waals surface area contributed by atoms with E-state index in [1.54, 1.807) is 0 Å². The minimum atomic E-state index is 0.382. The molecular weight excluding hydrogens is 360 g/mol. The Hall–Kier alpha value is -1.50. The molecule has 5 heteroatoms. The first-order valence-corrected chi connectivity index (χ1v) is 11.4. The summed E-state index contributed by atoms with van der Waals surface area (Å²) in [5, 5.41) is 2.71. The lowest BCUT2D eigenvalue weighted by Crippen LogP contribution is -2.44. The first-order chi connectivity index (χ1) is 14.4. The van der Waals surface area contributed by atoms with Crippen molar-refractivity contribution in [2.24, 2.45) is 11.8 Å². The Labute approximate surface area is 174 Å². The van der Waals surface area contributed by atoms with Gasteiger partial charge in [0.1, 0.15) is 0 Å². The zero-order valence-electron chi connectivity index (χ0n) is 17.4. The summed E-state index contributed by atoms with van der Waals surface area (Å²) in [6.45, 7) is 10.0.